The second-order valence-corrected chi connectivity index (χ2v) is 4.44. The summed E-state index contributed by atoms with van der Waals surface area (Å²) in [5, 5.41) is 2.27. The molecule has 0 radical (unpaired) electrons. The molecule has 0 aliphatic carbocycles. The number of fused-ring (bicyclic) bond motifs is 1. The zero-order chi connectivity index (χ0) is 13.2. The molecule has 0 aliphatic rings. The Hall–Kier alpha value is -2.61. The van der Waals surface area contributed by atoms with Gasteiger partial charge in [0.2, 0.25) is 0 Å². The highest BCUT2D eigenvalue weighted by Crippen LogP contribution is 2.32. The van der Waals surface area contributed by atoms with Crippen LogP contribution in [0.15, 0.2) is 67.4 Å². The van der Waals surface area contributed by atoms with Gasteiger partial charge in [-0.05, 0) is 29.0 Å². The van der Waals surface area contributed by atoms with Crippen LogP contribution in [0.4, 0.5) is 5.69 Å². The van der Waals surface area contributed by atoms with Gasteiger partial charge >= 0.3 is 0 Å². The van der Waals surface area contributed by atoms with Crippen LogP contribution in [0.2, 0.25) is 0 Å². The maximum Gasteiger partial charge on any atom is 0.0702 e. The average Bonchev–Trinajstić information content (AvgIpc) is 2.47. The minimum absolute atomic E-state index is 0.731. The molecule has 1 aromatic heterocycles. The predicted octanol–water partition coefficient (Wildman–Crippen LogP) is 3.88. The van der Waals surface area contributed by atoms with Gasteiger partial charge in [-0.1, -0.05) is 43.0 Å². The van der Waals surface area contributed by atoms with E-state index in [1.807, 2.05) is 42.5 Å². The average molecular weight is 246 g/mol. The van der Waals surface area contributed by atoms with Crippen molar-refractivity contribution in [3.63, 3.8) is 0 Å². The van der Waals surface area contributed by atoms with E-state index < -0.39 is 0 Å². The van der Waals surface area contributed by atoms with Crippen molar-refractivity contribution >= 4 is 22.0 Å². The summed E-state index contributed by atoms with van der Waals surface area (Å²) < 4.78 is 0. The van der Waals surface area contributed by atoms with Crippen molar-refractivity contribution in [1.29, 1.82) is 0 Å². The van der Waals surface area contributed by atoms with Crippen LogP contribution >= 0.6 is 0 Å². The minimum atomic E-state index is 0.731. The standard InChI is InChI=1S/C17H14N2/c1-12(16-8-4-5-11-19-16)17-14-7-3-2-6-13(14)9-10-15(17)18/h2-11H,1,18H2. The maximum atomic E-state index is 6.14. The third-order valence-corrected chi connectivity index (χ3v) is 3.24. The van der Waals surface area contributed by atoms with Crippen molar-refractivity contribution in [2.45, 2.75) is 0 Å². The Balaban J connectivity index is 2.25. The fourth-order valence-electron chi connectivity index (χ4n) is 2.29. The molecule has 0 aliphatic heterocycles. The molecule has 19 heavy (non-hydrogen) atoms. The van der Waals surface area contributed by atoms with Gasteiger partial charge in [0.05, 0.1) is 5.69 Å². The van der Waals surface area contributed by atoms with Gasteiger partial charge in [0, 0.05) is 23.0 Å². The number of rotatable bonds is 2. The highest BCUT2D eigenvalue weighted by molar-refractivity contribution is 6.01. The molecule has 0 spiro atoms. The quantitative estimate of drug-likeness (QED) is 0.697. The monoisotopic (exact) mass is 246 g/mol. The highest BCUT2D eigenvalue weighted by Gasteiger charge is 2.11. The Morgan fingerprint density at radius 1 is 0.947 bits per heavy atom. The lowest BCUT2D eigenvalue weighted by Crippen LogP contribution is -1.97. The molecule has 0 amide bonds. The van der Waals surface area contributed by atoms with Gasteiger partial charge < -0.3 is 5.73 Å². The summed E-state index contributed by atoms with van der Waals surface area (Å²) in [6.45, 7) is 4.16. The van der Waals surface area contributed by atoms with Crippen LogP contribution in [-0.4, -0.2) is 4.98 Å². The number of pyridine rings is 1. The second-order valence-electron chi connectivity index (χ2n) is 4.44. The van der Waals surface area contributed by atoms with Crippen LogP contribution in [0.1, 0.15) is 11.3 Å². The number of aromatic nitrogens is 1. The van der Waals surface area contributed by atoms with Gasteiger partial charge in [-0.3, -0.25) is 4.98 Å². The molecule has 0 unspecified atom stereocenters. The SMILES string of the molecule is C=C(c1ccccn1)c1c(N)ccc2ccccc12. The molecule has 2 heteroatoms. The summed E-state index contributed by atoms with van der Waals surface area (Å²) in [6.07, 6.45) is 1.77. The maximum absolute atomic E-state index is 6.14. The van der Waals surface area contributed by atoms with Crippen molar-refractivity contribution in [2.75, 3.05) is 5.73 Å². The smallest absolute Gasteiger partial charge is 0.0702 e. The molecule has 3 aromatic rings. The topological polar surface area (TPSA) is 38.9 Å². The van der Waals surface area contributed by atoms with E-state index in [0.717, 1.165) is 33.3 Å². The van der Waals surface area contributed by atoms with E-state index in [4.69, 9.17) is 5.73 Å². The number of nitrogens with two attached hydrogens (primary N) is 1. The molecule has 2 nitrogen and oxygen atoms in total. The predicted molar refractivity (Wildman–Crippen MR) is 80.7 cm³/mol. The molecule has 2 aromatic carbocycles. The number of benzene rings is 2. The molecule has 92 valence electrons. The van der Waals surface area contributed by atoms with Crippen LogP contribution in [0.3, 0.4) is 0 Å². The zero-order valence-corrected chi connectivity index (χ0v) is 10.5. The van der Waals surface area contributed by atoms with Crippen LogP contribution in [0.5, 0.6) is 0 Å². The molecule has 0 atom stereocenters. The molecule has 0 bridgehead atoms. The van der Waals surface area contributed by atoms with Crippen molar-refractivity contribution < 1.29 is 0 Å². The molecule has 0 saturated heterocycles. The first-order chi connectivity index (χ1) is 9.27. The van der Waals surface area contributed by atoms with Gasteiger partial charge in [0.1, 0.15) is 0 Å². The Bertz CT molecular complexity index is 746. The summed E-state index contributed by atoms with van der Waals surface area (Å²) >= 11 is 0. The lowest BCUT2D eigenvalue weighted by Gasteiger charge is -2.12. The summed E-state index contributed by atoms with van der Waals surface area (Å²) in [5.41, 5.74) is 9.55. The number of anilines is 1. The summed E-state index contributed by atoms with van der Waals surface area (Å²) in [7, 11) is 0. The summed E-state index contributed by atoms with van der Waals surface area (Å²) in [6, 6.07) is 17.9. The minimum Gasteiger partial charge on any atom is -0.398 e. The number of hydrogen-bond acceptors (Lipinski definition) is 2. The molecule has 1 heterocycles. The molecular weight excluding hydrogens is 232 g/mol. The first-order valence-electron chi connectivity index (χ1n) is 6.15. The van der Waals surface area contributed by atoms with E-state index in [-0.39, 0.29) is 0 Å². The molecule has 2 N–H and O–H groups in total. The Labute approximate surface area is 112 Å². The lowest BCUT2D eigenvalue weighted by molar-refractivity contribution is 1.28. The van der Waals surface area contributed by atoms with Crippen LogP contribution < -0.4 is 5.73 Å². The fraction of sp³-hybridized carbons (Fsp3) is 0. The van der Waals surface area contributed by atoms with Crippen molar-refractivity contribution in [3.05, 3.63) is 78.6 Å². The first-order valence-corrected chi connectivity index (χ1v) is 6.15. The third kappa shape index (κ3) is 1.97. The Morgan fingerprint density at radius 2 is 1.74 bits per heavy atom. The summed E-state index contributed by atoms with van der Waals surface area (Å²) in [5.74, 6) is 0. The largest absolute Gasteiger partial charge is 0.398 e. The van der Waals surface area contributed by atoms with E-state index in [0.29, 0.717) is 0 Å². The van der Waals surface area contributed by atoms with Gasteiger partial charge in [-0.25, -0.2) is 0 Å². The first kappa shape index (κ1) is 11.5. The van der Waals surface area contributed by atoms with E-state index in [9.17, 15) is 0 Å². The van der Waals surface area contributed by atoms with Gasteiger partial charge in [0.25, 0.3) is 0 Å². The van der Waals surface area contributed by atoms with Gasteiger partial charge in [0.15, 0.2) is 0 Å². The zero-order valence-electron chi connectivity index (χ0n) is 10.5. The van der Waals surface area contributed by atoms with E-state index in [1.165, 1.54) is 0 Å². The molecule has 0 fully saturated rings. The molecule has 0 saturated carbocycles. The third-order valence-electron chi connectivity index (χ3n) is 3.24. The van der Waals surface area contributed by atoms with Crippen molar-refractivity contribution in [1.82, 2.24) is 4.98 Å². The van der Waals surface area contributed by atoms with Crippen molar-refractivity contribution in [2.24, 2.45) is 0 Å². The lowest BCUT2D eigenvalue weighted by atomic mass is 9.95. The fourth-order valence-corrected chi connectivity index (χ4v) is 2.29. The number of nitrogens with zero attached hydrogens (tertiary/aromatic N) is 1. The van der Waals surface area contributed by atoms with Gasteiger partial charge in [-0.2, -0.15) is 0 Å². The molecular formula is C17H14N2. The normalized spacial score (nSPS) is 10.5. The van der Waals surface area contributed by atoms with E-state index in [1.54, 1.807) is 6.20 Å². The highest BCUT2D eigenvalue weighted by atomic mass is 14.7. The van der Waals surface area contributed by atoms with Crippen LogP contribution in [0, 0.1) is 0 Å². The van der Waals surface area contributed by atoms with Crippen LogP contribution in [0.25, 0.3) is 16.3 Å². The number of nitrogen functional groups attached to an aromatic ring is 1. The Kier molecular flexibility index (Phi) is 2.76. The Morgan fingerprint density at radius 3 is 2.53 bits per heavy atom. The van der Waals surface area contributed by atoms with Crippen LogP contribution in [-0.2, 0) is 0 Å². The number of hydrogen-bond donors (Lipinski definition) is 1. The second kappa shape index (κ2) is 4.58. The van der Waals surface area contributed by atoms with Gasteiger partial charge in [-0.15, -0.1) is 0 Å². The van der Waals surface area contributed by atoms with E-state index in [2.05, 4.69) is 23.7 Å². The molecule has 3 rings (SSSR count). The van der Waals surface area contributed by atoms with Crippen molar-refractivity contribution in [3.8, 4) is 0 Å². The van der Waals surface area contributed by atoms with E-state index >= 15 is 0 Å². The summed E-state index contributed by atoms with van der Waals surface area (Å²) in [4.78, 5) is 4.35.